The van der Waals surface area contributed by atoms with E-state index in [1.165, 1.54) is 17.7 Å². The SMILES string of the molecule is [2H]C(C)(C)c1ccc(-c2cc(Oc3ccc4c5ccccc5n(-c5cc(C(C)(C)C)ccn5)c4c3)cc(N3CN(c4ccccc4-c4ccc(F)cc4)c4ccccc43)c2)cc1. The summed E-state index contributed by atoms with van der Waals surface area (Å²) in [5, 5.41) is 2.27. The van der Waals surface area contributed by atoms with Gasteiger partial charge in [0.25, 0.3) is 0 Å². The van der Waals surface area contributed by atoms with Crippen LogP contribution in [0, 0.1) is 5.82 Å². The summed E-state index contributed by atoms with van der Waals surface area (Å²) in [6.07, 6.45) is 1.90. The number of para-hydroxylation sites is 4. The molecule has 0 spiro atoms. The Balaban J connectivity index is 1.09. The van der Waals surface area contributed by atoms with Gasteiger partial charge in [0.1, 0.15) is 29.8 Å². The zero-order valence-electron chi connectivity index (χ0n) is 36.0. The van der Waals surface area contributed by atoms with Crippen molar-refractivity contribution < 1.29 is 10.5 Å². The first-order valence-corrected chi connectivity index (χ1v) is 20.8. The van der Waals surface area contributed by atoms with Crippen LogP contribution in [0.4, 0.5) is 27.1 Å². The molecule has 0 N–H and O–H groups in total. The number of hydrogen-bond donors (Lipinski definition) is 0. The molecule has 0 unspecified atom stereocenters. The number of ether oxygens (including phenoxy) is 1. The van der Waals surface area contributed by atoms with Gasteiger partial charge in [0.05, 0.1) is 28.1 Å². The van der Waals surface area contributed by atoms with Crippen LogP contribution in [0.15, 0.2) is 176 Å². The summed E-state index contributed by atoms with van der Waals surface area (Å²) in [7, 11) is 0. The molecule has 9 aromatic rings. The first kappa shape index (κ1) is 36.9. The second-order valence-corrected chi connectivity index (χ2v) is 17.1. The molecule has 300 valence electrons. The van der Waals surface area contributed by atoms with E-state index in [0.29, 0.717) is 18.2 Å². The molecule has 10 rings (SSSR count). The van der Waals surface area contributed by atoms with Crippen LogP contribution in [-0.2, 0) is 5.41 Å². The lowest BCUT2D eigenvalue weighted by Gasteiger charge is -2.25. The van der Waals surface area contributed by atoms with Crippen molar-refractivity contribution in [1.29, 1.82) is 0 Å². The third-order valence-electron chi connectivity index (χ3n) is 11.8. The Morgan fingerprint density at radius 3 is 2.03 bits per heavy atom. The van der Waals surface area contributed by atoms with Crippen molar-refractivity contribution in [2.45, 2.75) is 45.9 Å². The van der Waals surface area contributed by atoms with Crippen LogP contribution in [0.25, 0.3) is 49.9 Å². The molecular weight excluding hydrogens is 752 g/mol. The molecule has 0 saturated heterocycles. The Hall–Kier alpha value is -7.18. The Morgan fingerprint density at radius 1 is 0.607 bits per heavy atom. The fourth-order valence-electron chi connectivity index (χ4n) is 8.59. The minimum Gasteiger partial charge on any atom is -0.457 e. The van der Waals surface area contributed by atoms with Crippen molar-refractivity contribution in [2.75, 3.05) is 16.5 Å². The highest BCUT2D eigenvalue weighted by Gasteiger charge is 2.30. The average molecular weight is 800 g/mol. The number of nitrogens with zero attached hydrogens (tertiary/aromatic N) is 4. The summed E-state index contributed by atoms with van der Waals surface area (Å²) in [6, 6.07) is 57.3. The van der Waals surface area contributed by atoms with Crippen LogP contribution in [0.3, 0.4) is 0 Å². The van der Waals surface area contributed by atoms with Gasteiger partial charge < -0.3 is 14.5 Å². The van der Waals surface area contributed by atoms with Crippen molar-refractivity contribution in [2.24, 2.45) is 0 Å². The number of hydrogen-bond acceptors (Lipinski definition) is 4. The van der Waals surface area contributed by atoms with Crippen LogP contribution >= 0.6 is 0 Å². The molecule has 3 heterocycles. The standard InChI is InChI=1S/C55H47FN4O/c1-36(2)37-18-20-38(21-19-37)40-30-43(58-35-59(52-17-11-10-16-51(52)58)49-14-8-6-12-46(49)39-22-24-42(56)25-23-39)33-45(31-40)61-44-26-27-48-47-13-7-9-15-50(47)60(53(48)34-44)54-32-41(28-29-57-54)55(3,4)5/h6-34,36H,35H2,1-5H3/i36D. The van der Waals surface area contributed by atoms with E-state index in [1.807, 2.05) is 50.4 Å². The molecule has 1 aliphatic rings. The number of halogens is 1. The van der Waals surface area contributed by atoms with Gasteiger partial charge in [-0.05, 0) is 112 Å². The summed E-state index contributed by atoms with van der Waals surface area (Å²) in [4.78, 5) is 9.53. The second-order valence-electron chi connectivity index (χ2n) is 17.1. The van der Waals surface area contributed by atoms with Crippen molar-refractivity contribution >= 4 is 44.6 Å². The van der Waals surface area contributed by atoms with Gasteiger partial charge in [-0.3, -0.25) is 4.57 Å². The first-order chi connectivity index (χ1) is 29.9. The van der Waals surface area contributed by atoms with Gasteiger partial charge in [0.2, 0.25) is 0 Å². The molecule has 0 aliphatic carbocycles. The van der Waals surface area contributed by atoms with Crippen LogP contribution < -0.4 is 14.5 Å². The highest BCUT2D eigenvalue weighted by molar-refractivity contribution is 6.09. The Labute approximate surface area is 358 Å². The molecule has 1 aliphatic heterocycles. The largest absolute Gasteiger partial charge is 0.457 e. The zero-order valence-corrected chi connectivity index (χ0v) is 35.0. The maximum atomic E-state index is 14.0. The van der Waals surface area contributed by atoms with E-state index in [2.05, 4.69) is 163 Å². The molecule has 7 aromatic carbocycles. The Bertz CT molecular complexity index is 3120. The Morgan fingerprint density at radius 2 is 1.28 bits per heavy atom. The van der Waals surface area contributed by atoms with Gasteiger partial charge >= 0.3 is 0 Å². The topological polar surface area (TPSA) is 33.5 Å². The highest BCUT2D eigenvalue weighted by Crippen LogP contribution is 2.48. The normalized spacial score (nSPS) is 13.2. The summed E-state index contributed by atoms with van der Waals surface area (Å²) >= 11 is 0. The number of fused-ring (bicyclic) bond motifs is 4. The van der Waals surface area contributed by atoms with Crippen LogP contribution in [0.2, 0.25) is 0 Å². The smallest absolute Gasteiger partial charge is 0.137 e. The molecule has 0 bridgehead atoms. The average Bonchev–Trinajstić information content (AvgIpc) is 3.82. The molecule has 61 heavy (non-hydrogen) atoms. The summed E-state index contributed by atoms with van der Waals surface area (Å²) in [5.74, 6) is 1.29. The monoisotopic (exact) mass is 799 g/mol. The van der Waals surface area contributed by atoms with Crippen LogP contribution in [0.5, 0.6) is 11.5 Å². The molecule has 0 saturated carbocycles. The number of pyridine rings is 1. The van der Waals surface area contributed by atoms with E-state index in [4.69, 9.17) is 11.1 Å². The predicted molar refractivity (Wildman–Crippen MR) is 251 cm³/mol. The minimum atomic E-state index is -0.716. The molecule has 2 aromatic heterocycles. The van der Waals surface area contributed by atoms with Crippen molar-refractivity contribution in [3.8, 4) is 39.6 Å². The maximum absolute atomic E-state index is 14.0. The van der Waals surface area contributed by atoms with Crippen molar-refractivity contribution in [3.63, 3.8) is 0 Å². The molecular formula is C55H47FN4O. The van der Waals surface area contributed by atoms with E-state index < -0.39 is 5.89 Å². The number of aromatic nitrogens is 2. The first-order valence-electron chi connectivity index (χ1n) is 21.3. The van der Waals surface area contributed by atoms with Gasteiger partial charge in [-0.25, -0.2) is 9.37 Å². The predicted octanol–water partition coefficient (Wildman–Crippen LogP) is 15.1. The number of rotatable bonds is 8. The van der Waals surface area contributed by atoms with E-state index >= 15 is 0 Å². The summed E-state index contributed by atoms with van der Waals surface area (Å²) in [6.45, 7) is 11.0. The van der Waals surface area contributed by atoms with Crippen LogP contribution in [-0.4, -0.2) is 16.2 Å². The van der Waals surface area contributed by atoms with Crippen LogP contribution in [0.1, 0.15) is 53.0 Å². The third-order valence-corrected chi connectivity index (χ3v) is 11.8. The van der Waals surface area contributed by atoms with Gasteiger partial charge in [-0.15, -0.1) is 0 Å². The quantitative estimate of drug-likeness (QED) is 0.153. The molecule has 0 fully saturated rings. The van der Waals surface area contributed by atoms with Gasteiger partial charge in [0, 0.05) is 41.7 Å². The van der Waals surface area contributed by atoms with E-state index in [9.17, 15) is 4.39 Å². The lowest BCUT2D eigenvalue weighted by Crippen LogP contribution is -2.24. The molecule has 0 radical (unpaired) electrons. The minimum absolute atomic E-state index is 0.0377. The van der Waals surface area contributed by atoms with Gasteiger partial charge in [0.15, 0.2) is 0 Å². The van der Waals surface area contributed by atoms with Gasteiger partial charge in [-0.2, -0.15) is 0 Å². The second kappa shape index (κ2) is 15.1. The van der Waals surface area contributed by atoms with Gasteiger partial charge in [-0.1, -0.05) is 120 Å². The fraction of sp³-hybridized carbons (Fsp3) is 0.145. The van der Waals surface area contributed by atoms with E-state index in [-0.39, 0.29) is 11.2 Å². The van der Waals surface area contributed by atoms with Crippen molar-refractivity contribution in [1.82, 2.24) is 9.55 Å². The zero-order chi connectivity index (χ0) is 42.8. The van der Waals surface area contributed by atoms with E-state index in [0.717, 1.165) is 78.2 Å². The third kappa shape index (κ3) is 7.08. The Kier molecular flexibility index (Phi) is 9.14. The lowest BCUT2D eigenvalue weighted by atomic mass is 9.88. The lowest BCUT2D eigenvalue weighted by molar-refractivity contribution is 0.483. The molecule has 0 amide bonds. The summed E-state index contributed by atoms with van der Waals surface area (Å²) in [5.41, 5.74) is 12.3. The number of anilines is 4. The fourth-order valence-corrected chi connectivity index (χ4v) is 8.59. The van der Waals surface area contributed by atoms with E-state index in [1.54, 1.807) is 0 Å². The molecule has 0 atom stereocenters. The maximum Gasteiger partial charge on any atom is 0.137 e. The summed E-state index contributed by atoms with van der Waals surface area (Å²) < 4.78 is 31.9. The highest BCUT2D eigenvalue weighted by atomic mass is 19.1. The number of benzene rings is 7. The molecule has 6 heteroatoms. The molecule has 5 nitrogen and oxygen atoms in total. The van der Waals surface area contributed by atoms with Crippen molar-refractivity contribution in [3.05, 3.63) is 193 Å².